The molecule has 0 radical (unpaired) electrons. The second kappa shape index (κ2) is 8.08. The summed E-state index contributed by atoms with van der Waals surface area (Å²) in [7, 11) is 0. The van der Waals surface area contributed by atoms with Gasteiger partial charge in [0.15, 0.2) is 11.9 Å². The van der Waals surface area contributed by atoms with Gasteiger partial charge in [-0.25, -0.2) is 4.79 Å². The van der Waals surface area contributed by atoms with Crippen molar-refractivity contribution in [3.63, 3.8) is 0 Å². The SMILES string of the molecule is CC(C)OC(=O)c1c(NC(=O)C[n+]2cccc(O)c2)sc2c1CC[C@@H](C)C2. The van der Waals surface area contributed by atoms with Crippen LogP contribution in [0.3, 0.4) is 0 Å². The summed E-state index contributed by atoms with van der Waals surface area (Å²) in [6, 6.07) is 3.21. The maximum atomic E-state index is 12.7. The van der Waals surface area contributed by atoms with Crippen molar-refractivity contribution < 1.29 is 24.0 Å². The summed E-state index contributed by atoms with van der Waals surface area (Å²) in [4.78, 5) is 26.3. The number of pyridine rings is 1. The average Bonchev–Trinajstić information content (AvgIpc) is 2.90. The van der Waals surface area contributed by atoms with Crippen LogP contribution in [0.15, 0.2) is 24.5 Å². The van der Waals surface area contributed by atoms with Gasteiger partial charge in [0.05, 0.1) is 11.7 Å². The van der Waals surface area contributed by atoms with Gasteiger partial charge in [-0.1, -0.05) is 6.92 Å². The summed E-state index contributed by atoms with van der Waals surface area (Å²) in [5, 5.41) is 13.0. The Bertz CT molecular complexity index is 860. The van der Waals surface area contributed by atoms with Gasteiger partial charge in [0.1, 0.15) is 5.00 Å². The number of esters is 1. The van der Waals surface area contributed by atoms with Crippen LogP contribution in [0.25, 0.3) is 0 Å². The highest BCUT2D eigenvalue weighted by molar-refractivity contribution is 7.17. The third-order valence-corrected chi connectivity index (χ3v) is 5.65. The molecule has 2 heterocycles. The zero-order chi connectivity index (χ0) is 19.6. The van der Waals surface area contributed by atoms with Crippen molar-refractivity contribution in [2.24, 2.45) is 5.92 Å². The van der Waals surface area contributed by atoms with E-state index in [4.69, 9.17) is 4.74 Å². The molecule has 0 saturated heterocycles. The molecular weight excluding hydrogens is 364 g/mol. The van der Waals surface area contributed by atoms with Crippen LogP contribution >= 0.6 is 11.3 Å². The number of nitrogens with one attached hydrogen (secondary N) is 1. The molecule has 6 nitrogen and oxygen atoms in total. The number of hydrogen-bond donors (Lipinski definition) is 2. The molecule has 1 atom stereocenters. The van der Waals surface area contributed by atoms with Gasteiger partial charge in [-0.3, -0.25) is 4.79 Å². The van der Waals surface area contributed by atoms with Gasteiger partial charge in [-0.15, -0.1) is 11.3 Å². The molecular formula is C20H25N2O4S+. The lowest BCUT2D eigenvalue weighted by atomic mass is 9.88. The van der Waals surface area contributed by atoms with Crippen molar-refractivity contribution in [1.82, 2.24) is 0 Å². The van der Waals surface area contributed by atoms with Crippen LogP contribution in [0, 0.1) is 5.92 Å². The number of aromatic hydroxyl groups is 1. The Kier molecular flexibility index (Phi) is 5.79. The van der Waals surface area contributed by atoms with Crippen LogP contribution < -0.4 is 9.88 Å². The number of nitrogens with zero attached hydrogens (tertiary/aromatic N) is 1. The molecule has 0 saturated carbocycles. The van der Waals surface area contributed by atoms with E-state index in [1.807, 2.05) is 13.8 Å². The standard InChI is InChI=1S/C20H24N2O4S/c1-12(2)26-20(25)18-15-7-6-13(3)9-16(15)27-19(18)21-17(24)11-22-8-4-5-14(23)10-22/h4-5,8,10,12-13H,6-7,9,11H2,1-3H3,(H-,21,23,24,25)/p+1/t13-/m1/s1. The van der Waals surface area contributed by atoms with E-state index in [1.54, 1.807) is 22.9 Å². The molecule has 0 bridgehead atoms. The van der Waals surface area contributed by atoms with Crippen molar-refractivity contribution in [1.29, 1.82) is 0 Å². The lowest BCUT2D eigenvalue weighted by molar-refractivity contribution is -0.684. The molecule has 3 rings (SSSR count). The van der Waals surface area contributed by atoms with Crippen LogP contribution in [-0.2, 0) is 28.9 Å². The number of rotatable bonds is 5. The minimum Gasteiger partial charge on any atom is -0.503 e. The normalized spacial score (nSPS) is 16.1. The van der Waals surface area contributed by atoms with E-state index in [2.05, 4.69) is 12.2 Å². The molecule has 0 aromatic carbocycles. The smallest absolute Gasteiger partial charge is 0.341 e. The predicted molar refractivity (Wildman–Crippen MR) is 103 cm³/mol. The fraction of sp³-hybridized carbons (Fsp3) is 0.450. The summed E-state index contributed by atoms with van der Waals surface area (Å²) in [6.45, 7) is 5.88. The second-order valence-electron chi connectivity index (χ2n) is 7.29. The largest absolute Gasteiger partial charge is 0.503 e. The summed E-state index contributed by atoms with van der Waals surface area (Å²) < 4.78 is 7.01. The Morgan fingerprint density at radius 3 is 2.93 bits per heavy atom. The Hall–Kier alpha value is -2.41. The number of thiophene rings is 1. The maximum absolute atomic E-state index is 12.7. The molecule has 144 valence electrons. The zero-order valence-electron chi connectivity index (χ0n) is 15.8. The number of hydrogen-bond acceptors (Lipinski definition) is 5. The highest BCUT2D eigenvalue weighted by Gasteiger charge is 2.30. The number of anilines is 1. The number of carbonyl (C=O) groups excluding carboxylic acids is 2. The molecule has 7 heteroatoms. The van der Waals surface area contributed by atoms with Crippen LogP contribution in [0.1, 0.15) is 48.0 Å². The lowest BCUT2D eigenvalue weighted by Crippen LogP contribution is -2.39. The van der Waals surface area contributed by atoms with Crippen LogP contribution in [0.4, 0.5) is 5.00 Å². The Balaban J connectivity index is 1.85. The van der Waals surface area contributed by atoms with Crippen molar-refractivity contribution in [3.05, 3.63) is 40.5 Å². The first-order valence-electron chi connectivity index (χ1n) is 9.17. The molecule has 2 N–H and O–H groups in total. The Morgan fingerprint density at radius 1 is 1.44 bits per heavy atom. The van der Waals surface area contributed by atoms with E-state index >= 15 is 0 Å². The fourth-order valence-electron chi connectivity index (χ4n) is 3.27. The third kappa shape index (κ3) is 4.66. The van der Waals surface area contributed by atoms with Crippen LogP contribution in [-0.4, -0.2) is 23.1 Å². The molecule has 27 heavy (non-hydrogen) atoms. The minimum atomic E-state index is -0.377. The molecule has 1 amide bonds. The molecule has 0 unspecified atom stereocenters. The van der Waals surface area contributed by atoms with E-state index in [1.165, 1.54) is 17.5 Å². The molecule has 2 aromatic heterocycles. The number of aromatic nitrogens is 1. The van der Waals surface area contributed by atoms with E-state index in [0.29, 0.717) is 16.5 Å². The van der Waals surface area contributed by atoms with Gasteiger partial charge in [-0.05, 0) is 50.7 Å². The summed E-state index contributed by atoms with van der Waals surface area (Å²) >= 11 is 1.47. The van der Waals surface area contributed by atoms with Gasteiger partial charge in [0.25, 0.3) is 5.91 Å². The molecule has 1 aliphatic rings. The quantitative estimate of drug-likeness (QED) is 0.608. The second-order valence-corrected chi connectivity index (χ2v) is 8.40. The molecule has 0 aliphatic heterocycles. The first-order chi connectivity index (χ1) is 12.8. The van der Waals surface area contributed by atoms with E-state index < -0.39 is 0 Å². The number of carbonyl (C=O) groups is 2. The third-order valence-electron chi connectivity index (χ3n) is 4.48. The maximum Gasteiger partial charge on any atom is 0.341 e. The monoisotopic (exact) mass is 389 g/mol. The predicted octanol–water partition coefficient (Wildman–Crippen LogP) is 3.07. The summed E-state index contributed by atoms with van der Waals surface area (Å²) in [5.41, 5.74) is 1.52. The molecule has 2 aromatic rings. The van der Waals surface area contributed by atoms with Crippen molar-refractivity contribution in [3.8, 4) is 5.75 Å². The highest BCUT2D eigenvalue weighted by Crippen LogP contribution is 2.40. The van der Waals surface area contributed by atoms with Crippen molar-refractivity contribution in [2.45, 2.75) is 52.7 Å². The first kappa shape index (κ1) is 19.4. The number of fused-ring (bicyclic) bond motifs is 1. The van der Waals surface area contributed by atoms with Gasteiger partial charge in [0, 0.05) is 10.9 Å². The highest BCUT2D eigenvalue weighted by atomic mass is 32.1. The van der Waals surface area contributed by atoms with E-state index in [-0.39, 0.29) is 30.3 Å². The number of ether oxygens (including phenoxy) is 1. The minimum absolute atomic E-state index is 0.0477. The van der Waals surface area contributed by atoms with E-state index in [9.17, 15) is 14.7 Å². The van der Waals surface area contributed by atoms with Gasteiger partial charge in [-0.2, -0.15) is 4.57 Å². The fourth-order valence-corrected chi connectivity index (χ4v) is 4.68. The van der Waals surface area contributed by atoms with Gasteiger partial charge >= 0.3 is 5.97 Å². The topological polar surface area (TPSA) is 79.5 Å². The van der Waals surface area contributed by atoms with Gasteiger partial charge in [0.2, 0.25) is 12.7 Å². The van der Waals surface area contributed by atoms with Crippen molar-refractivity contribution >= 4 is 28.2 Å². The Labute approximate surface area is 162 Å². The number of amides is 1. The Morgan fingerprint density at radius 2 is 2.22 bits per heavy atom. The zero-order valence-corrected chi connectivity index (χ0v) is 16.6. The average molecular weight is 389 g/mol. The van der Waals surface area contributed by atoms with Crippen LogP contribution in [0.2, 0.25) is 0 Å². The van der Waals surface area contributed by atoms with Crippen LogP contribution in [0.5, 0.6) is 5.75 Å². The van der Waals surface area contributed by atoms with Crippen molar-refractivity contribution in [2.75, 3.05) is 5.32 Å². The molecule has 1 aliphatic carbocycles. The molecule has 0 spiro atoms. The first-order valence-corrected chi connectivity index (χ1v) is 9.98. The van der Waals surface area contributed by atoms with E-state index in [0.717, 1.165) is 29.7 Å². The lowest BCUT2D eigenvalue weighted by Gasteiger charge is -2.18. The van der Waals surface area contributed by atoms with Gasteiger partial charge < -0.3 is 15.2 Å². The molecule has 0 fully saturated rings. The summed E-state index contributed by atoms with van der Waals surface area (Å²) in [6.07, 6.45) is 5.73. The summed E-state index contributed by atoms with van der Waals surface area (Å²) in [5.74, 6) is 0.0248.